The van der Waals surface area contributed by atoms with Crippen LogP contribution in [0.25, 0.3) is 11.0 Å². The number of anilines is 1. The number of carbonyl (C=O) groups excluding carboxylic acids is 1. The number of ether oxygens (including phenoxy) is 3. The minimum atomic E-state index is -4.65. The van der Waals surface area contributed by atoms with Crippen molar-refractivity contribution >= 4 is 38.3 Å². The van der Waals surface area contributed by atoms with Crippen molar-refractivity contribution in [1.82, 2.24) is 19.6 Å². The second kappa shape index (κ2) is 17.7. The highest BCUT2D eigenvalue weighted by Crippen LogP contribution is 2.41. The molecule has 0 spiro atoms. The molecule has 0 bridgehead atoms. The lowest BCUT2D eigenvalue weighted by molar-refractivity contribution is -0.386. The fourth-order valence-electron chi connectivity index (χ4n) is 8.05. The molecule has 0 saturated carbocycles. The summed E-state index contributed by atoms with van der Waals surface area (Å²) in [7, 11) is -4.65. The lowest BCUT2D eigenvalue weighted by Crippen LogP contribution is -2.47. The van der Waals surface area contributed by atoms with Gasteiger partial charge in [0.1, 0.15) is 29.4 Å². The van der Waals surface area contributed by atoms with E-state index in [-0.39, 0.29) is 43.1 Å². The van der Waals surface area contributed by atoms with Crippen molar-refractivity contribution in [3.63, 3.8) is 0 Å². The van der Waals surface area contributed by atoms with Crippen molar-refractivity contribution in [2.45, 2.75) is 76.3 Å². The third-order valence-corrected chi connectivity index (χ3v) is 13.0. The zero-order valence-corrected chi connectivity index (χ0v) is 35.2. The molecule has 14 nitrogen and oxygen atoms in total. The Kier molecular flexibility index (Phi) is 12.6. The van der Waals surface area contributed by atoms with E-state index in [1.165, 1.54) is 24.3 Å². The van der Waals surface area contributed by atoms with E-state index in [2.05, 4.69) is 47.1 Å². The molecule has 1 aliphatic carbocycles. The first-order chi connectivity index (χ1) is 28.6. The number of pyridine rings is 1. The molecule has 2 saturated heterocycles. The van der Waals surface area contributed by atoms with E-state index in [1.54, 1.807) is 35.5 Å². The van der Waals surface area contributed by atoms with Gasteiger partial charge in [-0.2, -0.15) is 0 Å². The lowest BCUT2D eigenvalue weighted by Gasteiger charge is -2.39. The standard InChI is InChI=1S/C44H53FN6O8S/c1-30(2)5-6-32-26-43(3,4)13-11-33(32)28-49-17-19-50(20-18-49)34-7-9-37(40(24-34)59-35-23-31-12-16-46-41(31)47-27-35)42(52)48-60(55,56)36-8-10-39(38(25-36)51(53)54)58-29-44(45)14-21-57-22-15-44/h7-10,12,16,23-25,27H,1,5-6,11,13-15,17-22,26,28-29H2,2-4H3,(H,46,47)(H,48,52). The molecule has 4 heterocycles. The summed E-state index contributed by atoms with van der Waals surface area (Å²) in [6, 6.07) is 11.5. The normalized spacial score (nSPS) is 18.3. The topological polar surface area (TPSA) is 169 Å². The van der Waals surface area contributed by atoms with E-state index in [1.807, 2.05) is 10.8 Å². The summed E-state index contributed by atoms with van der Waals surface area (Å²) in [6.45, 7) is 14.9. The highest BCUT2D eigenvalue weighted by molar-refractivity contribution is 7.90. The fraction of sp³-hybridized carbons (Fsp3) is 0.455. The fourth-order valence-corrected chi connectivity index (χ4v) is 9.03. The van der Waals surface area contributed by atoms with Crippen LogP contribution in [-0.2, 0) is 14.8 Å². The van der Waals surface area contributed by atoms with Crippen LogP contribution in [0, 0.1) is 15.5 Å². The number of hydrogen-bond acceptors (Lipinski definition) is 11. The van der Waals surface area contributed by atoms with Gasteiger partial charge in [0, 0.05) is 88.2 Å². The summed E-state index contributed by atoms with van der Waals surface area (Å²) in [5, 5.41) is 12.8. The summed E-state index contributed by atoms with van der Waals surface area (Å²) in [6.07, 6.45) is 8.84. The van der Waals surface area contributed by atoms with E-state index in [0.717, 1.165) is 87.7 Å². The number of aromatic amines is 1. The summed E-state index contributed by atoms with van der Waals surface area (Å²) in [5.74, 6) is -0.883. The highest BCUT2D eigenvalue weighted by Gasteiger charge is 2.35. The number of rotatable bonds is 15. The average Bonchev–Trinajstić information content (AvgIpc) is 3.68. The number of nitrogens with zero attached hydrogens (tertiary/aromatic N) is 4. The number of halogens is 1. The van der Waals surface area contributed by atoms with Crippen LogP contribution in [0.1, 0.15) is 76.1 Å². The number of H-pyrrole nitrogens is 1. The number of nitrogens with one attached hydrogen (secondary N) is 2. The molecule has 2 aliphatic heterocycles. The molecule has 0 unspecified atom stereocenters. The van der Waals surface area contributed by atoms with E-state index in [4.69, 9.17) is 14.2 Å². The maximum Gasteiger partial charge on any atom is 0.312 e. The Labute approximate surface area is 350 Å². The van der Waals surface area contributed by atoms with Crippen LogP contribution in [0.4, 0.5) is 15.8 Å². The monoisotopic (exact) mass is 844 g/mol. The van der Waals surface area contributed by atoms with Crippen LogP contribution in [0.2, 0.25) is 0 Å². The zero-order chi connectivity index (χ0) is 42.7. The van der Waals surface area contributed by atoms with Crippen molar-refractivity contribution in [3.05, 3.63) is 99.9 Å². The maximum absolute atomic E-state index is 15.1. The highest BCUT2D eigenvalue weighted by atomic mass is 32.2. The number of aromatic nitrogens is 2. The molecule has 320 valence electrons. The molecule has 3 aliphatic rings. The van der Waals surface area contributed by atoms with Crippen molar-refractivity contribution in [1.29, 1.82) is 0 Å². The lowest BCUT2D eigenvalue weighted by atomic mass is 9.73. The number of alkyl halides is 1. The smallest absolute Gasteiger partial charge is 0.312 e. The number of piperazine rings is 1. The van der Waals surface area contributed by atoms with Gasteiger partial charge in [-0.1, -0.05) is 30.6 Å². The Hall–Kier alpha value is -5.32. The van der Waals surface area contributed by atoms with Gasteiger partial charge in [0.05, 0.1) is 21.6 Å². The van der Waals surface area contributed by atoms with Crippen molar-refractivity contribution in [2.24, 2.45) is 5.41 Å². The molecule has 2 N–H and O–H groups in total. The van der Waals surface area contributed by atoms with Crippen molar-refractivity contribution in [3.8, 4) is 17.2 Å². The Balaban J connectivity index is 1.09. The molecule has 2 aromatic heterocycles. The van der Waals surface area contributed by atoms with Crippen LogP contribution in [0.5, 0.6) is 17.2 Å². The van der Waals surface area contributed by atoms with E-state index < -0.39 is 43.7 Å². The quantitative estimate of drug-likeness (QED) is 0.0671. The molecule has 7 rings (SSSR count). The van der Waals surface area contributed by atoms with E-state index in [9.17, 15) is 23.3 Å². The molecular weight excluding hydrogens is 792 g/mol. The van der Waals surface area contributed by atoms with Gasteiger partial charge in [0.25, 0.3) is 15.9 Å². The SMILES string of the molecule is C=C(C)CCC1=C(CN2CCN(c3ccc(C(=O)NS(=O)(=O)c4ccc(OCC5(F)CCOCC5)c([N+](=O)[O-])c4)c(Oc4cnc5[nH]ccc5c4)c3)CC2)CCC(C)(C)C1. The number of hydrogen-bond donors (Lipinski definition) is 2. The van der Waals surface area contributed by atoms with Gasteiger partial charge >= 0.3 is 5.69 Å². The second-order valence-corrected chi connectivity index (χ2v) is 18.7. The molecule has 60 heavy (non-hydrogen) atoms. The van der Waals surface area contributed by atoms with Crippen LogP contribution in [-0.4, -0.2) is 92.3 Å². The number of fused-ring (bicyclic) bond motifs is 1. The minimum absolute atomic E-state index is 0.0642. The number of allylic oxidation sites excluding steroid dienone is 2. The number of amides is 1. The third kappa shape index (κ3) is 10.3. The predicted octanol–water partition coefficient (Wildman–Crippen LogP) is 8.26. The summed E-state index contributed by atoms with van der Waals surface area (Å²) < 4.78 is 61.4. The first-order valence-electron chi connectivity index (χ1n) is 20.4. The molecule has 4 aromatic rings. The molecule has 0 atom stereocenters. The summed E-state index contributed by atoms with van der Waals surface area (Å²) >= 11 is 0. The van der Waals surface area contributed by atoms with Crippen LogP contribution >= 0.6 is 0 Å². The maximum atomic E-state index is 15.1. The number of sulfonamides is 1. The Morgan fingerprint density at radius 3 is 2.55 bits per heavy atom. The van der Waals surface area contributed by atoms with Gasteiger partial charge in [-0.25, -0.2) is 22.5 Å². The van der Waals surface area contributed by atoms with Gasteiger partial charge in [0.15, 0.2) is 5.75 Å². The van der Waals surface area contributed by atoms with Gasteiger partial charge < -0.3 is 24.1 Å². The molecule has 1 amide bonds. The summed E-state index contributed by atoms with van der Waals surface area (Å²) in [4.78, 5) is 36.6. The largest absolute Gasteiger partial charge is 0.483 e. The third-order valence-electron chi connectivity index (χ3n) is 11.7. The summed E-state index contributed by atoms with van der Waals surface area (Å²) in [5.41, 5.74) is 3.56. The molecule has 0 radical (unpaired) electrons. The van der Waals surface area contributed by atoms with E-state index >= 15 is 4.39 Å². The predicted molar refractivity (Wildman–Crippen MR) is 227 cm³/mol. The van der Waals surface area contributed by atoms with Gasteiger partial charge in [-0.3, -0.25) is 19.8 Å². The number of benzene rings is 2. The second-order valence-electron chi connectivity index (χ2n) is 17.0. The first kappa shape index (κ1) is 42.8. The molecule has 2 fully saturated rings. The number of nitro benzene ring substituents is 1. The van der Waals surface area contributed by atoms with Crippen LogP contribution in [0.15, 0.2) is 89.1 Å². The van der Waals surface area contributed by atoms with Gasteiger partial charge in [-0.05, 0) is 80.8 Å². The Morgan fingerprint density at radius 2 is 1.82 bits per heavy atom. The Morgan fingerprint density at radius 1 is 1.05 bits per heavy atom. The average molecular weight is 845 g/mol. The minimum Gasteiger partial charge on any atom is -0.483 e. The van der Waals surface area contributed by atoms with Crippen LogP contribution < -0.4 is 19.1 Å². The zero-order valence-electron chi connectivity index (χ0n) is 34.4. The molecular formula is C44H53FN6O8S. The van der Waals surface area contributed by atoms with Gasteiger partial charge in [-0.15, -0.1) is 6.58 Å². The molecule has 16 heteroatoms. The van der Waals surface area contributed by atoms with E-state index in [0.29, 0.717) is 16.8 Å². The first-order valence-corrected chi connectivity index (χ1v) is 21.9. The van der Waals surface area contributed by atoms with Crippen molar-refractivity contribution < 1.29 is 36.7 Å². The van der Waals surface area contributed by atoms with Crippen LogP contribution in [0.3, 0.4) is 0 Å². The van der Waals surface area contributed by atoms with Crippen molar-refractivity contribution in [2.75, 3.05) is 57.4 Å². The van der Waals surface area contributed by atoms with Gasteiger partial charge in [0.2, 0.25) is 0 Å². The molecule has 2 aromatic carbocycles. The number of nitro groups is 1. The Bertz CT molecular complexity index is 2400. The number of carbonyl (C=O) groups is 1.